The van der Waals surface area contributed by atoms with E-state index >= 15 is 0 Å². The normalized spacial score (nSPS) is 11.4. The monoisotopic (exact) mass is 332 g/mol. The second kappa shape index (κ2) is 5.83. The van der Waals surface area contributed by atoms with E-state index in [1.165, 1.54) is 18.2 Å². The minimum Gasteiger partial charge on any atom is -0.389 e. The van der Waals surface area contributed by atoms with Crippen LogP contribution in [0, 0.1) is 0 Å². The summed E-state index contributed by atoms with van der Waals surface area (Å²) < 4.78 is 30.9. The van der Waals surface area contributed by atoms with Gasteiger partial charge in [-0.15, -0.1) is 0 Å². The van der Waals surface area contributed by atoms with Gasteiger partial charge in [0.1, 0.15) is 4.99 Å². The fraction of sp³-hybridized carbons (Fsp3) is 0.100. The number of nitrogens with one attached hydrogen (secondary N) is 1. The molecule has 0 spiro atoms. The lowest BCUT2D eigenvalue weighted by molar-refractivity contribution is 0.409. The predicted molar refractivity (Wildman–Crippen MR) is 75.7 cm³/mol. The van der Waals surface area contributed by atoms with Crippen molar-refractivity contribution in [2.24, 2.45) is 5.73 Å². The molecule has 20 heavy (non-hydrogen) atoms. The maximum atomic E-state index is 12.0. The summed E-state index contributed by atoms with van der Waals surface area (Å²) in [7, 11) is -3.74. The van der Waals surface area contributed by atoms with Crippen LogP contribution in [-0.2, 0) is 16.6 Å². The summed E-state index contributed by atoms with van der Waals surface area (Å²) in [5.74, 6) is 0.222. The van der Waals surface area contributed by atoms with Crippen LogP contribution in [0.3, 0.4) is 0 Å². The van der Waals surface area contributed by atoms with Gasteiger partial charge in [0, 0.05) is 5.56 Å². The summed E-state index contributed by atoms with van der Waals surface area (Å²) in [6.45, 7) is -0.0898. The number of nitrogens with zero attached hydrogens (tertiary/aromatic N) is 2. The molecule has 0 saturated heterocycles. The molecule has 3 N–H and O–H groups in total. The first kappa shape index (κ1) is 14.9. The van der Waals surface area contributed by atoms with Gasteiger partial charge < -0.3 is 10.3 Å². The van der Waals surface area contributed by atoms with Crippen LogP contribution >= 0.6 is 23.8 Å². The van der Waals surface area contributed by atoms with Crippen LogP contribution < -0.4 is 10.5 Å². The maximum absolute atomic E-state index is 12.0. The summed E-state index contributed by atoms with van der Waals surface area (Å²) in [5, 5.41) is 3.66. The number of benzene rings is 1. The lowest BCUT2D eigenvalue weighted by Gasteiger charge is -2.07. The minimum atomic E-state index is -3.74. The van der Waals surface area contributed by atoms with Gasteiger partial charge in [-0.1, -0.05) is 29.0 Å². The standard InChI is InChI=1S/C10H9ClN4O3S2/c11-8-3-6(1-2-7(8)10(12)19)20(16,17)14-4-9-13-5-18-15-9/h1-3,5,14H,4H2,(H2,12,19). The topological polar surface area (TPSA) is 111 Å². The number of aromatic nitrogens is 2. The predicted octanol–water partition coefficient (Wildman–Crippen LogP) is 0.836. The lowest BCUT2D eigenvalue weighted by Crippen LogP contribution is -2.24. The van der Waals surface area contributed by atoms with E-state index in [4.69, 9.17) is 29.6 Å². The Morgan fingerprint density at radius 1 is 1.50 bits per heavy atom. The zero-order chi connectivity index (χ0) is 14.8. The fourth-order valence-corrected chi connectivity index (χ4v) is 2.96. The summed E-state index contributed by atoms with van der Waals surface area (Å²) in [6.07, 6.45) is 1.11. The van der Waals surface area contributed by atoms with E-state index in [2.05, 4.69) is 19.4 Å². The van der Waals surface area contributed by atoms with Gasteiger partial charge in [0.2, 0.25) is 16.4 Å². The number of thiocarbonyl (C=S) groups is 1. The smallest absolute Gasteiger partial charge is 0.241 e. The number of nitrogens with two attached hydrogens (primary N) is 1. The highest BCUT2D eigenvalue weighted by Gasteiger charge is 2.17. The molecule has 2 aromatic rings. The van der Waals surface area contributed by atoms with Crippen molar-refractivity contribution >= 4 is 38.8 Å². The van der Waals surface area contributed by atoms with Crippen LogP contribution in [0.2, 0.25) is 5.02 Å². The first-order valence-electron chi connectivity index (χ1n) is 5.24. The molecule has 1 aromatic heterocycles. The van der Waals surface area contributed by atoms with Gasteiger partial charge in [-0.25, -0.2) is 13.1 Å². The number of hydrogen-bond donors (Lipinski definition) is 2. The van der Waals surface area contributed by atoms with E-state index in [0.29, 0.717) is 5.56 Å². The van der Waals surface area contributed by atoms with E-state index in [-0.39, 0.29) is 27.3 Å². The van der Waals surface area contributed by atoms with Gasteiger partial charge >= 0.3 is 0 Å². The highest BCUT2D eigenvalue weighted by Crippen LogP contribution is 2.20. The Morgan fingerprint density at radius 3 is 2.80 bits per heavy atom. The van der Waals surface area contributed by atoms with Crippen molar-refractivity contribution in [3.8, 4) is 0 Å². The minimum absolute atomic E-state index is 0.00834. The number of halogens is 1. The molecule has 0 aliphatic carbocycles. The van der Waals surface area contributed by atoms with Crippen molar-refractivity contribution in [1.29, 1.82) is 0 Å². The van der Waals surface area contributed by atoms with Gasteiger partial charge in [0.25, 0.3) is 0 Å². The molecule has 2 rings (SSSR count). The van der Waals surface area contributed by atoms with Crippen molar-refractivity contribution in [3.05, 3.63) is 41.0 Å². The first-order chi connectivity index (χ1) is 9.40. The highest BCUT2D eigenvalue weighted by atomic mass is 35.5. The molecule has 0 saturated carbocycles. The van der Waals surface area contributed by atoms with Crippen molar-refractivity contribution in [1.82, 2.24) is 14.9 Å². The third kappa shape index (κ3) is 3.31. The van der Waals surface area contributed by atoms with Crippen LogP contribution in [-0.4, -0.2) is 23.5 Å². The summed E-state index contributed by atoms with van der Waals surface area (Å²) in [5.41, 5.74) is 5.87. The van der Waals surface area contributed by atoms with Crippen LogP contribution in [0.5, 0.6) is 0 Å². The van der Waals surface area contributed by atoms with Crippen LogP contribution in [0.15, 0.2) is 34.0 Å². The third-order valence-electron chi connectivity index (χ3n) is 2.34. The van der Waals surface area contributed by atoms with E-state index in [0.717, 1.165) is 6.39 Å². The molecule has 0 radical (unpaired) electrons. The van der Waals surface area contributed by atoms with E-state index in [1.54, 1.807) is 0 Å². The molecule has 10 heteroatoms. The SMILES string of the molecule is NC(=S)c1ccc(S(=O)(=O)NCc2ncon2)cc1Cl. The Kier molecular flexibility index (Phi) is 4.33. The molecule has 0 aliphatic heterocycles. The summed E-state index contributed by atoms with van der Waals surface area (Å²) >= 11 is 10.7. The van der Waals surface area contributed by atoms with Crippen molar-refractivity contribution < 1.29 is 12.9 Å². The van der Waals surface area contributed by atoms with Gasteiger partial charge in [0.05, 0.1) is 16.5 Å². The van der Waals surface area contributed by atoms with Gasteiger partial charge in [0.15, 0.2) is 5.82 Å². The van der Waals surface area contributed by atoms with Crippen LogP contribution in [0.1, 0.15) is 11.4 Å². The van der Waals surface area contributed by atoms with E-state index in [1.807, 2.05) is 0 Å². The molecule has 0 aliphatic rings. The van der Waals surface area contributed by atoms with Crippen LogP contribution in [0.4, 0.5) is 0 Å². The first-order valence-corrected chi connectivity index (χ1v) is 7.51. The van der Waals surface area contributed by atoms with Crippen molar-refractivity contribution in [2.75, 3.05) is 0 Å². The molecule has 7 nitrogen and oxygen atoms in total. The van der Waals surface area contributed by atoms with Gasteiger partial charge in [-0.2, -0.15) is 4.98 Å². The van der Waals surface area contributed by atoms with E-state index < -0.39 is 10.0 Å². The Hall–Kier alpha value is -1.55. The summed E-state index contributed by atoms with van der Waals surface area (Å²) in [4.78, 5) is 3.79. The van der Waals surface area contributed by atoms with Gasteiger partial charge in [-0.3, -0.25) is 0 Å². The quantitative estimate of drug-likeness (QED) is 0.780. The molecule has 0 amide bonds. The number of sulfonamides is 1. The number of hydrogen-bond acceptors (Lipinski definition) is 6. The van der Waals surface area contributed by atoms with Crippen molar-refractivity contribution in [3.63, 3.8) is 0 Å². The zero-order valence-corrected chi connectivity index (χ0v) is 12.3. The molecule has 0 unspecified atom stereocenters. The fourth-order valence-electron chi connectivity index (χ4n) is 1.38. The Bertz CT molecular complexity index is 731. The molecule has 0 bridgehead atoms. The molecule has 0 atom stereocenters. The van der Waals surface area contributed by atoms with Gasteiger partial charge in [-0.05, 0) is 18.2 Å². The zero-order valence-electron chi connectivity index (χ0n) is 9.91. The average molecular weight is 333 g/mol. The summed E-state index contributed by atoms with van der Waals surface area (Å²) in [6, 6.07) is 4.08. The highest BCUT2D eigenvalue weighted by molar-refractivity contribution is 7.89. The lowest BCUT2D eigenvalue weighted by atomic mass is 10.2. The Morgan fingerprint density at radius 2 is 2.25 bits per heavy atom. The molecular weight excluding hydrogens is 324 g/mol. The second-order valence-corrected chi connectivity index (χ2v) is 6.29. The van der Waals surface area contributed by atoms with E-state index in [9.17, 15) is 8.42 Å². The third-order valence-corrected chi connectivity index (χ3v) is 4.28. The molecular formula is C10H9ClN4O3S2. The second-order valence-electron chi connectivity index (χ2n) is 3.68. The maximum Gasteiger partial charge on any atom is 0.241 e. The Balaban J connectivity index is 2.21. The average Bonchev–Trinajstić information content (AvgIpc) is 2.89. The Labute approximate surface area is 125 Å². The number of rotatable bonds is 5. The van der Waals surface area contributed by atoms with Crippen LogP contribution in [0.25, 0.3) is 0 Å². The van der Waals surface area contributed by atoms with Crippen molar-refractivity contribution in [2.45, 2.75) is 11.4 Å². The molecule has 1 aromatic carbocycles. The largest absolute Gasteiger partial charge is 0.389 e. The molecule has 106 valence electrons. The molecule has 1 heterocycles. The molecule has 0 fully saturated rings.